The molecule has 1 heterocycles. The van der Waals surface area contributed by atoms with Gasteiger partial charge in [0.2, 0.25) is 5.91 Å². The molecule has 1 amide bonds. The molecule has 0 spiro atoms. The van der Waals surface area contributed by atoms with Crippen molar-refractivity contribution in [2.45, 2.75) is 51.5 Å². The van der Waals surface area contributed by atoms with Crippen LogP contribution >= 0.6 is 0 Å². The Morgan fingerprint density at radius 2 is 2.12 bits per heavy atom. The molecule has 0 bridgehead atoms. The minimum Gasteiger partial charge on any atom is -0.356 e. The molecule has 2 atom stereocenters. The van der Waals surface area contributed by atoms with E-state index in [1.54, 1.807) is 0 Å². The number of carbonyl (C=O) groups is 1. The van der Waals surface area contributed by atoms with Gasteiger partial charge in [0.1, 0.15) is 0 Å². The zero-order valence-electron chi connectivity index (χ0n) is 14.7. The summed E-state index contributed by atoms with van der Waals surface area (Å²) in [5.74, 6) is 1.71. The van der Waals surface area contributed by atoms with Crippen LogP contribution in [0, 0.1) is 5.92 Å². The predicted octanol–water partition coefficient (Wildman–Crippen LogP) is 2.48. The molecule has 0 aliphatic heterocycles. The molecule has 0 saturated heterocycles. The second-order valence-corrected chi connectivity index (χ2v) is 6.73. The number of rotatable bonds is 7. The zero-order valence-corrected chi connectivity index (χ0v) is 14.7. The van der Waals surface area contributed by atoms with Crippen molar-refractivity contribution in [3.63, 3.8) is 0 Å². The fraction of sp³-hybridized carbons (Fsp3) is 0.526. The molecule has 1 saturated carbocycles. The third-order valence-corrected chi connectivity index (χ3v) is 4.89. The minimum absolute atomic E-state index is 0.108. The van der Waals surface area contributed by atoms with E-state index in [-0.39, 0.29) is 11.9 Å². The van der Waals surface area contributed by atoms with Crippen LogP contribution in [0.2, 0.25) is 0 Å². The normalized spacial score (nSPS) is 19.9. The van der Waals surface area contributed by atoms with E-state index in [1.165, 1.54) is 0 Å². The Morgan fingerprint density at radius 3 is 2.76 bits per heavy atom. The van der Waals surface area contributed by atoms with Gasteiger partial charge in [-0.3, -0.25) is 4.79 Å². The third kappa shape index (κ3) is 4.66. The van der Waals surface area contributed by atoms with Crippen LogP contribution in [0.4, 0.5) is 0 Å². The lowest BCUT2D eigenvalue weighted by atomic mass is 10.00. The van der Waals surface area contributed by atoms with Gasteiger partial charge in [0.15, 0.2) is 5.82 Å². The molecule has 0 radical (unpaired) electrons. The number of hydrogen-bond acceptors (Lipinski definition) is 5. The number of aryl methyl sites for hydroxylation is 1. The van der Waals surface area contributed by atoms with Crippen molar-refractivity contribution in [2.75, 3.05) is 6.54 Å². The smallest absolute Gasteiger partial charge is 0.257 e. The predicted molar refractivity (Wildman–Crippen MR) is 95.8 cm³/mol. The summed E-state index contributed by atoms with van der Waals surface area (Å²) in [5, 5.41) is 6.91. The van der Waals surface area contributed by atoms with E-state index >= 15 is 0 Å². The summed E-state index contributed by atoms with van der Waals surface area (Å²) in [4.78, 5) is 16.3. The lowest BCUT2D eigenvalue weighted by Gasteiger charge is -2.14. The molecule has 0 unspecified atom stereocenters. The second-order valence-electron chi connectivity index (χ2n) is 6.73. The van der Waals surface area contributed by atoms with Crippen molar-refractivity contribution >= 4 is 5.91 Å². The van der Waals surface area contributed by atoms with E-state index in [2.05, 4.69) is 15.5 Å². The van der Waals surface area contributed by atoms with Gasteiger partial charge < -0.3 is 15.6 Å². The van der Waals surface area contributed by atoms with Gasteiger partial charge in [-0.05, 0) is 42.9 Å². The number of amides is 1. The molecule has 1 aromatic heterocycles. The summed E-state index contributed by atoms with van der Waals surface area (Å²) in [7, 11) is 0. The maximum Gasteiger partial charge on any atom is 0.257 e. The number of carbonyl (C=O) groups excluding carboxylic acids is 1. The highest BCUT2D eigenvalue weighted by molar-refractivity contribution is 5.76. The quantitative estimate of drug-likeness (QED) is 0.806. The molecule has 1 aliphatic rings. The highest BCUT2D eigenvalue weighted by Gasteiger charge is 2.25. The van der Waals surface area contributed by atoms with Crippen LogP contribution in [0.15, 0.2) is 28.8 Å². The molecular weight excluding hydrogens is 316 g/mol. The molecule has 1 fully saturated rings. The van der Waals surface area contributed by atoms with Crippen molar-refractivity contribution < 1.29 is 9.32 Å². The molecule has 1 aliphatic carbocycles. The highest BCUT2D eigenvalue weighted by Crippen LogP contribution is 2.26. The van der Waals surface area contributed by atoms with E-state index in [0.29, 0.717) is 30.6 Å². The highest BCUT2D eigenvalue weighted by atomic mass is 16.5. The summed E-state index contributed by atoms with van der Waals surface area (Å²) < 4.78 is 5.24. The summed E-state index contributed by atoms with van der Waals surface area (Å²) >= 11 is 0. The molecule has 25 heavy (non-hydrogen) atoms. The molecule has 134 valence electrons. The van der Waals surface area contributed by atoms with Crippen molar-refractivity contribution in [1.29, 1.82) is 0 Å². The monoisotopic (exact) mass is 342 g/mol. The van der Waals surface area contributed by atoms with E-state index in [4.69, 9.17) is 10.3 Å². The Hall–Kier alpha value is -2.21. The number of nitrogens with two attached hydrogens (primary N) is 1. The fourth-order valence-electron chi connectivity index (χ4n) is 3.30. The van der Waals surface area contributed by atoms with Crippen LogP contribution in [-0.2, 0) is 17.6 Å². The van der Waals surface area contributed by atoms with Gasteiger partial charge in [-0.1, -0.05) is 30.6 Å². The first kappa shape index (κ1) is 17.6. The van der Waals surface area contributed by atoms with Gasteiger partial charge in [0.05, 0.1) is 0 Å². The maximum atomic E-state index is 12.0. The number of benzene rings is 1. The summed E-state index contributed by atoms with van der Waals surface area (Å²) in [6.45, 7) is 2.63. The molecular formula is C19H26N4O2. The number of nitrogens with zero attached hydrogens (tertiary/aromatic N) is 2. The Morgan fingerprint density at radius 1 is 1.32 bits per heavy atom. The zero-order chi connectivity index (χ0) is 17.6. The van der Waals surface area contributed by atoms with E-state index in [9.17, 15) is 4.79 Å². The number of hydrogen-bond donors (Lipinski definition) is 2. The standard InChI is InChI=1S/C19H26N4O2/c1-2-17-22-19(25-23-17)14-8-6-13(7-9-14)10-11-21-18(24)12-15-4-3-5-16(15)20/h6-9,15-16H,2-5,10-12,20H2,1H3,(H,21,24)/t15-,16+/m0/s1. The molecule has 2 aromatic rings. The number of nitrogens with one attached hydrogen (secondary N) is 1. The average Bonchev–Trinajstić information content (AvgIpc) is 3.25. The topological polar surface area (TPSA) is 94.0 Å². The van der Waals surface area contributed by atoms with E-state index in [0.717, 1.165) is 43.2 Å². The fourth-order valence-corrected chi connectivity index (χ4v) is 3.30. The second kappa shape index (κ2) is 8.25. The van der Waals surface area contributed by atoms with Gasteiger partial charge >= 0.3 is 0 Å². The van der Waals surface area contributed by atoms with Crippen LogP contribution in [0.1, 0.15) is 44.0 Å². The Bertz CT molecular complexity index is 696. The molecule has 1 aromatic carbocycles. The van der Waals surface area contributed by atoms with Crippen molar-refractivity contribution in [1.82, 2.24) is 15.5 Å². The molecule has 3 rings (SSSR count). The summed E-state index contributed by atoms with van der Waals surface area (Å²) in [6.07, 6.45) is 5.37. The first-order valence-corrected chi connectivity index (χ1v) is 9.10. The van der Waals surface area contributed by atoms with Crippen LogP contribution in [0.25, 0.3) is 11.5 Å². The lowest BCUT2D eigenvalue weighted by Crippen LogP contribution is -2.32. The first-order valence-electron chi connectivity index (χ1n) is 9.10. The first-order chi connectivity index (χ1) is 12.2. The largest absolute Gasteiger partial charge is 0.356 e. The molecule has 3 N–H and O–H groups in total. The molecule has 6 nitrogen and oxygen atoms in total. The Kier molecular flexibility index (Phi) is 5.81. The summed E-state index contributed by atoms with van der Waals surface area (Å²) in [5.41, 5.74) is 8.10. The van der Waals surface area contributed by atoms with Crippen LogP contribution in [0.3, 0.4) is 0 Å². The Labute approximate surface area is 148 Å². The van der Waals surface area contributed by atoms with Gasteiger partial charge in [-0.15, -0.1) is 0 Å². The average molecular weight is 342 g/mol. The van der Waals surface area contributed by atoms with Gasteiger partial charge in [0.25, 0.3) is 5.89 Å². The Balaban J connectivity index is 1.44. The molecule has 6 heteroatoms. The van der Waals surface area contributed by atoms with Gasteiger partial charge in [-0.2, -0.15) is 4.98 Å². The minimum atomic E-state index is 0.108. The van der Waals surface area contributed by atoms with Gasteiger partial charge in [-0.25, -0.2) is 0 Å². The SMILES string of the molecule is CCc1noc(-c2ccc(CCNC(=O)C[C@@H]3CCC[C@H]3N)cc2)n1. The van der Waals surface area contributed by atoms with Crippen LogP contribution < -0.4 is 11.1 Å². The third-order valence-electron chi connectivity index (χ3n) is 4.89. The van der Waals surface area contributed by atoms with E-state index in [1.807, 2.05) is 31.2 Å². The van der Waals surface area contributed by atoms with Crippen molar-refractivity contribution in [3.05, 3.63) is 35.7 Å². The van der Waals surface area contributed by atoms with E-state index < -0.39 is 0 Å². The van der Waals surface area contributed by atoms with Crippen molar-refractivity contribution in [3.8, 4) is 11.5 Å². The lowest BCUT2D eigenvalue weighted by molar-refractivity contribution is -0.122. The van der Waals surface area contributed by atoms with Gasteiger partial charge in [0, 0.05) is 31.0 Å². The van der Waals surface area contributed by atoms with Crippen LogP contribution in [-0.4, -0.2) is 28.6 Å². The summed E-state index contributed by atoms with van der Waals surface area (Å²) in [6, 6.07) is 8.20. The maximum absolute atomic E-state index is 12.0. The van der Waals surface area contributed by atoms with Crippen LogP contribution in [0.5, 0.6) is 0 Å². The number of aromatic nitrogens is 2. The van der Waals surface area contributed by atoms with Crippen molar-refractivity contribution in [2.24, 2.45) is 11.7 Å².